The molecule has 0 aliphatic rings. The standard InChI is InChI=1S/C23H19N3O4/c1-12-9-13(2)18(10-16(12)23(28)29)24-21(27)17-11-19(15-7-5-4-6-8-15)25-22-20(17)14(3)26-30-22/h4-11H,1-3H3,(H,24,27)(H,28,29). The highest BCUT2D eigenvalue weighted by atomic mass is 16.5. The number of hydrogen-bond acceptors (Lipinski definition) is 5. The number of aromatic carboxylic acids is 1. The molecule has 7 heteroatoms. The van der Waals surface area contributed by atoms with Crippen LogP contribution in [0.25, 0.3) is 22.4 Å². The van der Waals surface area contributed by atoms with Crippen LogP contribution >= 0.6 is 0 Å². The Morgan fingerprint density at radius 3 is 2.40 bits per heavy atom. The first-order valence-corrected chi connectivity index (χ1v) is 9.33. The highest BCUT2D eigenvalue weighted by Gasteiger charge is 2.21. The van der Waals surface area contributed by atoms with Gasteiger partial charge in [0.1, 0.15) is 0 Å². The maximum Gasteiger partial charge on any atom is 0.336 e. The van der Waals surface area contributed by atoms with Gasteiger partial charge in [-0.15, -0.1) is 0 Å². The molecule has 2 aromatic heterocycles. The summed E-state index contributed by atoms with van der Waals surface area (Å²) in [6, 6.07) is 14.4. The molecule has 1 amide bonds. The van der Waals surface area contributed by atoms with Gasteiger partial charge in [0.05, 0.1) is 27.9 Å². The number of anilines is 1. The summed E-state index contributed by atoms with van der Waals surface area (Å²) < 4.78 is 5.32. The summed E-state index contributed by atoms with van der Waals surface area (Å²) in [7, 11) is 0. The average molecular weight is 401 g/mol. The lowest BCUT2D eigenvalue weighted by molar-refractivity contribution is 0.0695. The zero-order valence-electron chi connectivity index (χ0n) is 16.7. The van der Waals surface area contributed by atoms with Crippen molar-refractivity contribution in [3.8, 4) is 11.3 Å². The molecule has 7 nitrogen and oxygen atoms in total. The lowest BCUT2D eigenvalue weighted by Gasteiger charge is -2.12. The van der Waals surface area contributed by atoms with Crippen molar-refractivity contribution in [3.63, 3.8) is 0 Å². The van der Waals surface area contributed by atoms with Crippen molar-refractivity contribution in [2.24, 2.45) is 0 Å². The minimum absolute atomic E-state index is 0.141. The number of pyridine rings is 1. The Morgan fingerprint density at radius 1 is 0.967 bits per heavy atom. The fourth-order valence-corrected chi connectivity index (χ4v) is 3.44. The molecule has 0 bridgehead atoms. The number of aryl methyl sites for hydroxylation is 3. The van der Waals surface area contributed by atoms with E-state index in [2.05, 4.69) is 15.5 Å². The van der Waals surface area contributed by atoms with E-state index in [1.807, 2.05) is 37.3 Å². The number of carbonyl (C=O) groups excluding carboxylic acids is 1. The van der Waals surface area contributed by atoms with E-state index in [1.54, 1.807) is 26.0 Å². The van der Waals surface area contributed by atoms with E-state index in [0.29, 0.717) is 33.6 Å². The van der Waals surface area contributed by atoms with E-state index in [9.17, 15) is 14.7 Å². The van der Waals surface area contributed by atoms with Gasteiger partial charge in [-0.2, -0.15) is 0 Å². The summed E-state index contributed by atoms with van der Waals surface area (Å²) in [5.74, 6) is -1.44. The first-order valence-electron chi connectivity index (χ1n) is 9.33. The molecule has 0 fully saturated rings. The Kier molecular flexibility index (Phi) is 4.79. The number of carboxylic acids is 1. The summed E-state index contributed by atoms with van der Waals surface area (Å²) in [6.07, 6.45) is 0. The number of nitrogens with one attached hydrogen (secondary N) is 1. The van der Waals surface area contributed by atoms with Crippen molar-refractivity contribution in [2.75, 3.05) is 5.32 Å². The molecule has 0 aliphatic heterocycles. The molecule has 2 aromatic carbocycles. The minimum Gasteiger partial charge on any atom is -0.478 e. The Morgan fingerprint density at radius 2 is 1.70 bits per heavy atom. The number of nitrogens with zero attached hydrogens (tertiary/aromatic N) is 2. The van der Waals surface area contributed by atoms with E-state index in [1.165, 1.54) is 6.07 Å². The van der Waals surface area contributed by atoms with E-state index in [4.69, 9.17) is 4.52 Å². The summed E-state index contributed by atoms with van der Waals surface area (Å²) in [5, 5.41) is 16.7. The molecule has 0 atom stereocenters. The van der Waals surface area contributed by atoms with E-state index >= 15 is 0 Å². The molecule has 0 aliphatic carbocycles. The van der Waals surface area contributed by atoms with Gasteiger partial charge in [0.2, 0.25) is 0 Å². The van der Waals surface area contributed by atoms with Crippen LogP contribution in [0.2, 0.25) is 0 Å². The molecule has 150 valence electrons. The number of rotatable bonds is 4. The van der Waals surface area contributed by atoms with Crippen LogP contribution in [0.15, 0.2) is 53.1 Å². The van der Waals surface area contributed by atoms with Gasteiger partial charge >= 0.3 is 5.97 Å². The van der Waals surface area contributed by atoms with Crippen molar-refractivity contribution in [3.05, 3.63) is 76.5 Å². The predicted molar refractivity (Wildman–Crippen MR) is 113 cm³/mol. The minimum atomic E-state index is -1.05. The molecule has 2 heterocycles. The number of amides is 1. The summed E-state index contributed by atoms with van der Waals surface area (Å²) in [5.41, 5.74) is 4.56. The molecule has 4 rings (SSSR count). The van der Waals surface area contributed by atoms with Crippen molar-refractivity contribution in [1.82, 2.24) is 10.1 Å². The molecular formula is C23H19N3O4. The zero-order chi connectivity index (χ0) is 21.4. The molecule has 4 aromatic rings. The lowest BCUT2D eigenvalue weighted by Crippen LogP contribution is -2.15. The SMILES string of the molecule is Cc1cc(C)c(C(=O)O)cc1NC(=O)c1cc(-c2ccccc2)nc2onc(C)c12. The van der Waals surface area contributed by atoms with Crippen LogP contribution in [0, 0.1) is 20.8 Å². The van der Waals surface area contributed by atoms with Crippen LogP contribution in [0.5, 0.6) is 0 Å². The lowest BCUT2D eigenvalue weighted by atomic mass is 10.0. The molecule has 0 unspecified atom stereocenters. The topological polar surface area (TPSA) is 105 Å². The summed E-state index contributed by atoms with van der Waals surface area (Å²) in [4.78, 5) is 29.2. The quantitative estimate of drug-likeness (QED) is 0.510. The molecule has 2 N–H and O–H groups in total. The van der Waals surface area contributed by atoms with Gasteiger partial charge in [-0.3, -0.25) is 4.79 Å². The smallest absolute Gasteiger partial charge is 0.336 e. The number of benzene rings is 2. The number of carbonyl (C=O) groups is 2. The van der Waals surface area contributed by atoms with Crippen LogP contribution in [0.3, 0.4) is 0 Å². The van der Waals surface area contributed by atoms with Gasteiger partial charge in [-0.05, 0) is 44.0 Å². The third kappa shape index (κ3) is 3.41. The normalized spacial score (nSPS) is 10.9. The van der Waals surface area contributed by atoms with Gasteiger partial charge < -0.3 is 14.9 Å². The second-order valence-corrected chi connectivity index (χ2v) is 7.11. The summed E-state index contributed by atoms with van der Waals surface area (Å²) in [6.45, 7) is 5.28. The Bertz CT molecular complexity index is 1290. The molecular weight excluding hydrogens is 382 g/mol. The van der Waals surface area contributed by atoms with Crippen LogP contribution in [-0.2, 0) is 0 Å². The Labute approximate surface area is 172 Å². The number of aromatic nitrogens is 2. The molecule has 0 saturated heterocycles. The fourth-order valence-electron chi connectivity index (χ4n) is 3.44. The number of carboxylic acid groups (broad SMARTS) is 1. The predicted octanol–water partition coefficient (Wildman–Crippen LogP) is 4.77. The van der Waals surface area contributed by atoms with E-state index < -0.39 is 11.9 Å². The van der Waals surface area contributed by atoms with Crippen molar-refractivity contribution < 1.29 is 19.2 Å². The second kappa shape index (κ2) is 7.44. The van der Waals surface area contributed by atoms with Crippen LogP contribution in [0.1, 0.15) is 37.5 Å². The zero-order valence-corrected chi connectivity index (χ0v) is 16.7. The number of fused-ring (bicyclic) bond motifs is 1. The van der Waals surface area contributed by atoms with Crippen molar-refractivity contribution in [1.29, 1.82) is 0 Å². The van der Waals surface area contributed by atoms with E-state index in [-0.39, 0.29) is 11.3 Å². The fraction of sp³-hybridized carbons (Fsp3) is 0.130. The van der Waals surface area contributed by atoms with Gasteiger partial charge in [0, 0.05) is 11.3 Å². The van der Waals surface area contributed by atoms with Gasteiger partial charge in [0.25, 0.3) is 11.6 Å². The monoisotopic (exact) mass is 401 g/mol. The third-order valence-electron chi connectivity index (χ3n) is 4.98. The first-order chi connectivity index (χ1) is 14.3. The van der Waals surface area contributed by atoms with Crippen LogP contribution in [-0.4, -0.2) is 27.1 Å². The Balaban J connectivity index is 1.81. The van der Waals surface area contributed by atoms with Gasteiger partial charge in [-0.1, -0.05) is 41.6 Å². The van der Waals surface area contributed by atoms with Crippen molar-refractivity contribution in [2.45, 2.75) is 20.8 Å². The summed E-state index contributed by atoms with van der Waals surface area (Å²) >= 11 is 0. The van der Waals surface area contributed by atoms with Gasteiger partial charge in [0.15, 0.2) is 0 Å². The Hall–Kier alpha value is -4.00. The maximum atomic E-state index is 13.2. The number of hydrogen-bond donors (Lipinski definition) is 2. The van der Waals surface area contributed by atoms with Crippen molar-refractivity contribution >= 4 is 28.7 Å². The van der Waals surface area contributed by atoms with E-state index in [0.717, 1.165) is 11.1 Å². The molecule has 0 radical (unpaired) electrons. The van der Waals surface area contributed by atoms with Gasteiger partial charge in [-0.25, -0.2) is 9.78 Å². The molecule has 30 heavy (non-hydrogen) atoms. The molecule has 0 spiro atoms. The largest absolute Gasteiger partial charge is 0.478 e. The van der Waals surface area contributed by atoms with Crippen LogP contribution < -0.4 is 5.32 Å². The van der Waals surface area contributed by atoms with Crippen LogP contribution in [0.4, 0.5) is 5.69 Å². The highest BCUT2D eigenvalue weighted by molar-refractivity contribution is 6.13. The highest BCUT2D eigenvalue weighted by Crippen LogP contribution is 2.28. The third-order valence-corrected chi connectivity index (χ3v) is 4.98. The maximum absolute atomic E-state index is 13.2. The second-order valence-electron chi connectivity index (χ2n) is 7.11. The first kappa shape index (κ1) is 19.3. The average Bonchev–Trinajstić information content (AvgIpc) is 3.10. The molecule has 0 saturated carbocycles.